The van der Waals surface area contributed by atoms with Crippen molar-refractivity contribution in [2.24, 2.45) is 0 Å². The predicted molar refractivity (Wildman–Crippen MR) is 83.7 cm³/mol. The monoisotopic (exact) mass is 364 g/mol. The quantitative estimate of drug-likeness (QED) is 0.645. The zero-order valence-electron chi connectivity index (χ0n) is 11.7. The van der Waals surface area contributed by atoms with Crippen LogP contribution in [0.5, 0.6) is 11.5 Å². The molecule has 0 aliphatic carbocycles. The minimum absolute atomic E-state index is 0.102. The molecule has 0 bridgehead atoms. The fourth-order valence-electron chi connectivity index (χ4n) is 1.75. The number of hydrogen-bond acceptors (Lipinski definition) is 4. The van der Waals surface area contributed by atoms with Crippen LogP contribution in [0.15, 0.2) is 46.9 Å². The smallest absolute Gasteiger partial charge is 0.343 e. The molecule has 6 heteroatoms. The average molecular weight is 365 g/mol. The molecule has 0 spiro atoms. The maximum Gasteiger partial charge on any atom is 0.343 e. The Kier molecular flexibility index (Phi) is 5.16. The summed E-state index contributed by atoms with van der Waals surface area (Å²) in [7, 11) is 0. The number of esters is 1. The lowest BCUT2D eigenvalue weighted by Gasteiger charge is -2.08. The minimum atomic E-state index is -1.05. The molecule has 114 valence electrons. The molecule has 0 atom stereocenters. The summed E-state index contributed by atoms with van der Waals surface area (Å²) < 4.78 is 11.0. The van der Waals surface area contributed by atoms with Crippen LogP contribution in [0.2, 0.25) is 0 Å². The summed E-state index contributed by atoms with van der Waals surface area (Å²) in [5.74, 6) is -0.776. The highest BCUT2D eigenvalue weighted by atomic mass is 79.9. The molecule has 0 unspecified atom stereocenters. The van der Waals surface area contributed by atoms with E-state index in [1.165, 1.54) is 18.2 Å². The van der Waals surface area contributed by atoms with Crippen LogP contribution in [0.4, 0.5) is 0 Å². The van der Waals surface area contributed by atoms with E-state index in [4.69, 9.17) is 14.6 Å². The highest BCUT2D eigenvalue weighted by Gasteiger charge is 2.13. The SMILES string of the molecule is CCOc1cccc(C(=O)Oc2ccc(C(=O)O)cc2Br)c1. The lowest BCUT2D eigenvalue weighted by Crippen LogP contribution is -2.09. The van der Waals surface area contributed by atoms with E-state index in [0.717, 1.165) is 0 Å². The Labute approximate surface area is 135 Å². The third-order valence-electron chi connectivity index (χ3n) is 2.76. The Morgan fingerprint density at radius 1 is 1.14 bits per heavy atom. The Balaban J connectivity index is 2.18. The first-order chi connectivity index (χ1) is 10.5. The molecule has 0 aliphatic heterocycles. The Morgan fingerprint density at radius 2 is 1.91 bits per heavy atom. The number of aromatic carboxylic acids is 1. The minimum Gasteiger partial charge on any atom is -0.494 e. The third-order valence-corrected chi connectivity index (χ3v) is 3.38. The van der Waals surface area contributed by atoms with Crippen LogP contribution in [0.25, 0.3) is 0 Å². The third kappa shape index (κ3) is 3.85. The van der Waals surface area contributed by atoms with Gasteiger partial charge in [-0.25, -0.2) is 9.59 Å². The first kappa shape index (κ1) is 16.0. The first-order valence-corrected chi connectivity index (χ1v) is 7.28. The van der Waals surface area contributed by atoms with Gasteiger partial charge in [0, 0.05) is 0 Å². The predicted octanol–water partition coefficient (Wildman–Crippen LogP) is 3.77. The van der Waals surface area contributed by atoms with Crippen molar-refractivity contribution in [3.8, 4) is 11.5 Å². The average Bonchev–Trinajstić information content (AvgIpc) is 2.49. The van der Waals surface area contributed by atoms with Crippen LogP contribution in [-0.4, -0.2) is 23.7 Å². The number of carboxylic acids is 1. The number of carbonyl (C=O) groups excluding carboxylic acids is 1. The second kappa shape index (κ2) is 7.09. The van der Waals surface area contributed by atoms with Gasteiger partial charge in [-0.05, 0) is 59.3 Å². The van der Waals surface area contributed by atoms with Gasteiger partial charge < -0.3 is 14.6 Å². The van der Waals surface area contributed by atoms with Crippen LogP contribution >= 0.6 is 15.9 Å². The van der Waals surface area contributed by atoms with Gasteiger partial charge in [-0.15, -0.1) is 0 Å². The molecule has 0 saturated carbocycles. The molecule has 2 aromatic carbocycles. The van der Waals surface area contributed by atoms with Crippen molar-refractivity contribution in [3.63, 3.8) is 0 Å². The van der Waals surface area contributed by atoms with Gasteiger partial charge >= 0.3 is 11.9 Å². The molecule has 0 aromatic heterocycles. The normalized spacial score (nSPS) is 10.1. The Morgan fingerprint density at radius 3 is 2.55 bits per heavy atom. The summed E-state index contributed by atoms with van der Waals surface area (Å²) in [6, 6.07) is 10.8. The van der Waals surface area contributed by atoms with Gasteiger partial charge in [0.2, 0.25) is 0 Å². The number of halogens is 1. The summed E-state index contributed by atoms with van der Waals surface area (Å²) in [5.41, 5.74) is 0.449. The van der Waals surface area contributed by atoms with Crippen LogP contribution in [-0.2, 0) is 0 Å². The van der Waals surface area contributed by atoms with E-state index in [9.17, 15) is 9.59 Å². The highest BCUT2D eigenvalue weighted by Crippen LogP contribution is 2.27. The van der Waals surface area contributed by atoms with E-state index in [0.29, 0.717) is 22.4 Å². The maximum absolute atomic E-state index is 12.1. The molecule has 1 N–H and O–H groups in total. The molecule has 22 heavy (non-hydrogen) atoms. The van der Waals surface area contributed by atoms with Crippen molar-refractivity contribution in [1.29, 1.82) is 0 Å². The lowest BCUT2D eigenvalue weighted by atomic mass is 10.2. The first-order valence-electron chi connectivity index (χ1n) is 6.49. The van der Waals surface area contributed by atoms with Gasteiger partial charge in [-0.1, -0.05) is 6.07 Å². The Bertz CT molecular complexity index is 711. The van der Waals surface area contributed by atoms with E-state index in [-0.39, 0.29) is 11.3 Å². The highest BCUT2D eigenvalue weighted by molar-refractivity contribution is 9.10. The second-order valence-electron chi connectivity index (χ2n) is 4.30. The largest absolute Gasteiger partial charge is 0.494 e. The van der Waals surface area contributed by atoms with E-state index in [1.807, 2.05) is 6.92 Å². The van der Waals surface area contributed by atoms with Crippen LogP contribution in [0.1, 0.15) is 27.6 Å². The topological polar surface area (TPSA) is 72.8 Å². The summed E-state index contributed by atoms with van der Waals surface area (Å²) in [6.07, 6.45) is 0. The molecule has 5 nitrogen and oxygen atoms in total. The van der Waals surface area contributed by atoms with Crippen LogP contribution in [0, 0.1) is 0 Å². The van der Waals surface area contributed by atoms with E-state index in [2.05, 4.69) is 15.9 Å². The molecule has 2 rings (SSSR count). The number of carbonyl (C=O) groups is 2. The van der Waals surface area contributed by atoms with Crippen LogP contribution < -0.4 is 9.47 Å². The van der Waals surface area contributed by atoms with Crippen molar-refractivity contribution in [2.45, 2.75) is 6.92 Å². The summed E-state index contributed by atoms with van der Waals surface area (Å²) in [5, 5.41) is 8.90. The second-order valence-corrected chi connectivity index (χ2v) is 5.16. The zero-order chi connectivity index (χ0) is 16.1. The van der Waals surface area contributed by atoms with Crippen molar-refractivity contribution in [2.75, 3.05) is 6.61 Å². The lowest BCUT2D eigenvalue weighted by molar-refractivity contribution is 0.0696. The maximum atomic E-state index is 12.1. The molecule has 0 saturated heterocycles. The van der Waals surface area contributed by atoms with Crippen LogP contribution in [0.3, 0.4) is 0 Å². The molecule has 0 radical (unpaired) electrons. The molecule has 0 aliphatic rings. The fourth-order valence-corrected chi connectivity index (χ4v) is 2.21. The molecular weight excluding hydrogens is 352 g/mol. The molecule has 0 fully saturated rings. The van der Waals surface area contributed by atoms with E-state index in [1.54, 1.807) is 24.3 Å². The van der Waals surface area contributed by atoms with Gasteiger partial charge in [-0.2, -0.15) is 0 Å². The fraction of sp³-hybridized carbons (Fsp3) is 0.125. The van der Waals surface area contributed by atoms with Gasteiger partial charge in [0.05, 0.1) is 22.2 Å². The van der Waals surface area contributed by atoms with Crippen molar-refractivity contribution < 1.29 is 24.2 Å². The molecule has 0 heterocycles. The van der Waals surface area contributed by atoms with Crippen molar-refractivity contribution in [3.05, 3.63) is 58.1 Å². The zero-order valence-corrected chi connectivity index (χ0v) is 13.3. The standard InChI is InChI=1S/C16H13BrO5/c1-2-21-12-5-3-4-11(8-12)16(20)22-14-7-6-10(15(18)19)9-13(14)17/h3-9H,2H2,1H3,(H,18,19). The summed E-state index contributed by atoms with van der Waals surface area (Å²) in [6.45, 7) is 2.35. The van der Waals surface area contributed by atoms with Crippen molar-refractivity contribution in [1.82, 2.24) is 0 Å². The number of benzene rings is 2. The molecule has 0 amide bonds. The molecular formula is C16H13BrO5. The van der Waals surface area contributed by atoms with Gasteiger partial charge in [0.15, 0.2) is 0 Å². The van der Waals surface area contributed by atoms with Gasteiger partial charge in [0.1, 0.15) is 11.5 Å². The van der Waals surface area contributed by atoms with E-state index >= 15 is 0 Å². The molecule has 2 aromatic rings. The summed E-state index contributed by atoms with van der Waals surface area (Å²) in [4.78, 5) is 23.0. The number of hydrogen-bond donors (Lipinski definition) is 1. The number of ether oxygens (including phenoxy) is 2. The Hall–Kier alpha value is -2.34. The number of carboxylic acid groups (broad SMARTS) is 1. The van der Waals surface area contributed by atoms with Gasteiger partial charge in [0.25, 0.3) is 0 Å². The van der Waals surface area contributed by atoms with Crippen molar-refractivity contribution >= 4 is 27.9 Å². The van der Waals surface area contributed by atoms with E-state index < -0.39 is 11.9 Å². The summed E-state index contributed by atoms with van der Waals surface area (Å²) >= 11 is 3.19. The van der Waals surface area contributed by atoms with Gasteiger partial charge in [-0.3, -0.25) is 0 Å². The number of rotatable bonds is 5.